The van der Waals surface area contributed by atoms with Gasteiger partial charge < -0.3 is 15.8 Å². The largest absolute Gasteiger partial charge is 0.479 e. The third-order valence-corrected chi connectivity index (χ3v) is 4.26. The van der Waals surface area contributed by atoms with Crippen LogP contribution in [0, 0.1) is 0 Å². The molecule has 1 saturated carbocycles. The predicted molar refractivity (Wildman–Crippen MR) is 85.9 cm³/mol. The summed E-state index contributed by atoms with van der Waals surface area (Å²) in [5.74, 6) is 0.571. The maximum atomic E-state index is 11.9. The molecule has 1 aromatic rings. The summed E-state index contributed by atoms with van der Waals surface area (Å²) in [4.78, 5) is 11.9. The third-order valence-electron chi connectivity index (χ3n) is 3.08. The molecule has 1 fully saturated rings. The molecule has 0 bridgehead atoms. The van der Waals surface area contributed by atoms with Crippen LogP contribution in [0.2, 0.25) is 0 Å². The molecule has 0 heterocycles. The van der Waals surface area contributed by atoms with Gasteiger partial charge in [-0.1, -0.05) is 0 Å². The second-order valence-corrected chi connectivity index (χ2v) is 6.68. The number of benzene rings is 1. The van der Waals surface area contributed by atoms with E-state index in [1.54, 1.807) is 6.92 Å². The topological polar surface area (TPSA) is 64.3 Å². The van der Waals surface area contributed by atoms with E-state index in [1.165, 1.54) is 0 Å². The van der Waals surface area contributed by atoms with Gasteiger partial charge in [-0.15, -0.1) is 0 Å². The van der Waals surface area contributed by atoms with Crippen molar-refractivity contribution in [1.29, 1.82) is 0 Å². The maximum Gasteiger partial charge on any atom is 0.260 e. The normalized spacial score (nSPS) is 15.8. The van der Waals surface area contributed by atoms with Crippen LogP contribution in [-0.2, 0) is 11.2 Å². The minimum absolute atomic E-state index is 0.0719. The molecule has 110 valence electrons. The quantitative estimate of drug-likeness (QED) is 0.764. The van der Waals surface area contributed by atoms with E-state index in [0.29, 0.717) is 18.3 Å². The number of carbonyl (C=O) groups excluding carboxylic acids is 1. The van der Waals surface area contributed by atoms with Crippen molar-refractivity contribution in [2.75, 3.05) is 6.54 Å². The van der Waals surface area contributed by atoms with Gasteiger partial charge in [-0.25, -0.2) is 0 Å². The zero-order chi connectivity index (χ0) is 14.7. The summed E-state index contributed by atoms with van der Waals surface area (Å²) in [6, 6.07) is 4.28. The lowest BCUT2D eigenvalue weighted by Crippen LogP contribution is -2.37. The lowest BCUT2D eigenvalue weighted by Gasteiger charge is -2.17. The molecule has 2 rings (SSSR count). The van der Waals surface area contributed by atoms with Gasteiger partial charge >= 0.3 is 0 Å². The highest BCUT2D eigenvalue weighted by Crippen LogP contribution is 2.35. The second-order valence-electron chi connectivity index (χ2n) is 4.97. The van der Waals surface area contributed by atoms with E-state index in [9.17, 15) is 4.79 Å². The molecule has 4 nitrogen and oxygen atoms in total. The van der Waals surface area contributed by atoms with E-state index >= 15 is 0 Å². The predicted octanol–water partition coefficient (Wildman–Crippen LogP) is 2.76. The summed E-state index contributed by atoms with van der Waals surface area (Å²) in [5.41, 5.74) is 6.68. The molecule has 1 amide bonds. The van der Waals surface area contributed by atoms with Crippen molar-refractivity contribution in [3.63, 3.8) is 0 Å². The standard InChI is InChI=1S/C14H18Br2N2O2/c1-8(14(19)18-10-2-3-10)20-13-11(15)6-9(4-5-17)7-12(13)16/h6-8,10H,2-5,17H2,1H3,(H,18,19). The summed E-state index contributed by atoms with van der Waals surface area (Å²) in [5, 5.41) is 2.93. The van der Waals surface area contributed by atoms with Gasteiger partial charge in [0.05, 0.1) is 8.95 Å². The van der Waals surface area contributed by atoms with Gasteiger partial charge in [0, 0.05) is 6.04 Å². The van der Waals surface area contributed by atoms with Gasteiger partial charge in [0.1, 0.15) is 5.75 Å². The summed E-state index contributed by atoms with van der Waals surface area (Å²) < 4.78 is 7.40. The van der Waals surface area contributed by atoms with Gasteiger partial charge in [-0.2, -0.15) is 0 Å². The lowest BCUT2D eigenvalue weighted by molar-refractivity contribution is -0.127. The molecular weight excluding hydrogens is 388 g/mol. The Kier molecular flexibility index (Phi) is 5.46. The fourth-order valence-corrected chi connectivity index (χ4v) is 3.28. The first-order valence-corrected chi connectivity index (χ1v) is 8.25. The van der Waals surface area contributed by atoms with E-state index in [1.807, 2.05) is 12.1 Å². The molecule has 20 heavy (non-hydrogen) atoms. The molecule has 1 atom stereocenters. The van der Waals surface area contributed by atoms with Crippen LogP contribution in [0.3, 0.4) is 0 Å². The van der Waals surface area contributed by atoms with Crippen LogP contribution in [-0.4, -0.2) is 24.6 Å². The number of halogens is 2. The number of nitrogens with one attached hydrogen (secondary N) is 1. The van der Waals surface area contributed by atoms with E-state index < -0.39 is 6.10 Å². The number of hydrogen-bond donors (Lipinski definition) is 2. The first-order valence-electron chi connectivity index (χ1n) is 6.66. The van der Waals surface area contributed by atoms with Gasteiger partial charge in [0.25, 0.3) is 5.91 Å². The molecule has 1 aliphatic carbocycles. The third kappa shape index (κ3) is 4.20. The van der Waals surface area contributed by atoms with Crippen molar-refractivity contribution < 1.29 is 9.53 Å². The highest BCUT2D eigenvalue weighted by atomic mass is 79.9. The van der Waals surface area contributed by atoms with Crippen molar-refractivity contribution in [2.24, 2.45) is 5.73 Å². The van der Waals surface area contributed by atoms with Crippen LogP contribution in [0.4, 0.5) is 0 Å². The van der Waals surface area contributed by atoms with Crippen molar-refractivity contribution in [3.8, 4) is 5.75 Å². The van der Waals surface area contributed by atoms with Crippen LogP contribution in [0.1, 0.15) is 25.3 Å². The number of carbonyl (C=O) groups is 1. The van der Waals surface area contributed by atoms with Crippen LogP contribution < -0.4 is 15.8 Å². The molecule has 6 heteroatoms. The molecule has 0 radical (unpaired) electrons. The first kappa shape index (κ1) is 15.8. The Morgan fingerprint density at radius 3 is 2.55 bits per heavy atom. The van der Waals surface area contributed by atoms with Gasteiger partial charge in [-0.3, -0.25) is 4.79 Å². The van der Waals surface area contributed by atoms with Crippen LogP contribution in [0.5, 0.6) is 5.75 Å². The number of rotatable bonds is 6. The van der Waals surface area contributed by atoms with E-state index in [4.69, 9.17) is 10.5 Å². The maximum absolute atomic E-state index is 11.9. The minimum atomic E-state index is -0.524. The Labute approximate surface area is 135 Å². The molecule has 3 N–H and O–H groups in total. The highest BCUT2D eigenvalue weighted by molar-refractivity contribution is 9.11. The number of nitrogens with two attached hydrogens (primary N) is 1. The second kappa shape index (κ2) is 6.91. The fraction of sp³-hybridized carbons (Fsp3) is 0.500. The van der Waals surface area contributed by atoms with Crippen LogP contribution in [0.25, 0.3) is 0 Å². The van der Waals surface area contributed by atoms with E-state index in [0.717, 1.165) is 33.8 Å². The minimum Gasteiger partial charge on any atom is -0.479 e. The molecule has 1 unspecified atom stereocenters. The van der Waals surface area contributed by atoms with Crippen molar-refractivity contribution >= 4 is 37.8 Å². The zero-order valence-electron chi connectivity index (χ0n) is 11.3. The average Bonchev–Trinajstić information content (AvgIpc) is 3.17. The molecule has 1 aromatic carbocycles. The monoisotopic (exact) mass is 404 g/mol. The van der Waals surface area contributed by atoms with Crippen LogP contribution in [0.15, 0.2) is 21.1 Å². The molecular formula is C14H18Br2N2O2. The van der Waals surface area contributed by atoms with Gasteiger partial charge in [-0.05, 0) is 82.3 Å². The summed E-state index contributed by atoms with van der Waals surface area (Å²) in [6.45, 7) is 2.35. The summed E-state index contributed by atoms with van der Waals surface area (Å²) in [6.07, 6.45) is 2.41. The summed E-state index contributed by atoms with van der Waals surface area (Å²) in [7, 11) is 0. The van der Waals surface area contributed by atoms with Gasteiger partial charge in [0.15, 0.2) is 6.10 Å². The Hall–Kier alpha value is -0.590. The molecule has 0 saturated heterocycles. The Morgan fingerprint density at radius 1 is 1.45 bits per heavy atom. The molecule has 0 spiro atoms. The number of hydrogen-bond acceptors (Lipinski definition) is 3. The zero-order valence-corrected chi connectivity index (χ0v) is 14.5. The first-order chi connectivity index (χ1) is 9.51. The van der Waals surface area contributed by atoms with Crippen molar-refractivity contribution in [3.05, 3.63) is 26.6 Å². The SMILES string of the molecule is CC(Oc1c(Br)cc(CCN)cc1Br)C(=O)NC1CC1. The Balaban J connectivity index is 2.05. The molecule has 1 aliphatic rings. The molecule has 0 aromatic heterocycles. The molecule has 0 aliphatic heterocycles. The van der Waals surface area contributed by atoms with Gasteiger partial charge in [0.2, 0.25) is 0 Å². The average molecular weight is 406 g/mol. The highest BCUT2D eigenvalue weighted by Gasteiger charge is 2.27. The smallest absolute Gasteiger partial charge is 0.260 e. The van der Waals surface area contributed by atoms with E-state index in [-0.39, 0.29) is 5.91 Å². The summed E-state index contributed by atoms with van der Waals surface area (Å²) >= 11 is 6.96. The number of ether oxygens (including phenoxy) is 1. The van der Waals surface area contributed by atoms with Crippen molar-refractivity contribution in [2.45, 2.75) is 38.3 Å². The number of amides is 1. The van der Waals surface area contributed by atoms with Crippen molar-refractivity contribution in [1.82, 2.24) is 5.32 Å². The lowest BCUT2D eigenvalue weighted by atomic mass is 10.1. The Bertz CT molecular complexity index is 481. The van der Waals surface area contributed by atoms with E-state index in [2.05, 4.69) is 37.2 Å². The Morgan fingerprint density at radius 2 is 2.05 bits per heavy atom. The van der Waals surface area contributed by atoms with Crippen LogP contribution >= 0.6 is 31.9 Å². The fourth-order valence-electron chi connectivity index (χ4n) is 1.81.